The molecule has 7 nitrogen and oxygen atoms in total. The molecule has 0 radical (unpaired) electrons. The molecule has 1 aromatic heterocycles. The lowest BCUT2D eigenvalue weighted by Gasteiger charge is -2.35. The SMILES string of the molecule is CC1CC(C(=O)O)CN(C(=O)NC(C)c2cccc(-n3cccn3)c2)C1. The molecule has 3 rings (SSSR count). The first-order valence-corrected chi connectivity index (χ1v) is 8.82. The van der Waals surface area contributed by atoms with Gasteiger partial charge in [0.25, 0.3) is 0 Å². The summed E-state index contributed by atoms with van der Waals surface area (Å²) in [5, 5.41) is 16.5. The van der Waals surface area contributed by atoms with Crippen LogP contribution in [-0.4, -0.2) is 44.9 Å². The summed E-state index contributed by atoms with van der Waals surface area (Å²) in [7, 11) is 0. The first kappa shape index (κ1) is 18.0. The van der Waals surface area contributed by atoms with Crippen molar-refractivity contribution < 1.29 is 14.7 Å². The van der Waals surface area contributed by atoms with E-state index in [0.717, 1.165) is 11.3 Å². The van der Waals surface area contributed by atoms with Crippen molar-refractivity contribution in [2.24, 2.45) is 11.8 Å². The maximum absolute atomic E-state index is 12.6. The maximum atomic E-state index is 12.6. The molecule has 0 saturated carbocycles. The highest BCUT2D eigenvalue weighted by molar-refractivity contribution is 5.77. The number of amides is 2. The number of carboxylic acid groups (broad SMARTS) is 1. The molecule has 1 aliphatic rings. The lowest BCUT2D eigenvalue weighted by atomic mass is 9.91. The second kappa shape index (κ2) is 7.59. The predicted molar refractivity (Wildman–Crippen MR) is 97.0 cm³/mol. The molecule has 26 heavy (non-hydrogen) atoms. The van der Waals surface area contributed by atoms with Crippen LogP contribution in [0.15, 0.2) is 42.7 Å². The van der Waals surface area contributed by atoms with Crippen molar-refractivity contribution in [1.29, 1.82) is 0 Å². The van der Waals surface area contributed by atoms with E-state index in [1.165, 1.54) is 0 Å². The Bertz CT molecular complexity index is 775. The zero-order valence-corrected chi connectivity index (χ0v) is 15.0. The van der Waals surface area contributed by atoms with E-state index in [1.807, 2.05) is 50.4 Å². The summed E-state index contributed by atoms with van der Waals surface area (Å²) in [5.41, 5.74) is 1.89. The number of urea groups is 1. The average molecular weight is 356 g/mol. The zero-order chi connectivity index (χ0) is 18.7. The lowest BCUT2D eigenvalue weighted by molar-refractivity contribution is -0.143. The highest BCUT2D eigenvalue weighted by Gasteiger charge is 2.32. The molecular formula is C19H24N4O3. The zero-order valence-electron chi connectivity index (χ0n) is 15.0. The molecular weight excluding hydrogens is 332 g/mol. The number of benzene rings is 1. The fraction of sp³-hybridized carbons (Fsp3) is 0.421. The van der Waals surface area contributed by atoms with Gasteiger partial charge in [0.05, 0.1) is 17.6 Å². The van der Waals surface area contributed by atoms with Crippen LogP contribution in [0.4, 0.5) is 4.79 Å². The van der Waals surface area contributed by atoms with Gasteiger partial charge in [-0.25, -0.2) is 9.48 Å². The number of likely N-dealkylation sites (tertiary alicyclic amines) is 1. The van der Waals surface area contributed by atoms with E-state index in [4.69, 9.17) is 0 Å². The van der Waals surface area contributed by atoms with Crippen molar-refractivity contribution in [1.82, 2.24) is 20.0 Å². The number of aromatic nitrogens is 2. The number of nitrogens with one attached hydrogen (secondary N) is 1. The van der Waals surface area contributed by atoms with Gasteiger partial charge in [0, 0.05) is 25.5 Å². The molecule has 1 saturated heterocycles. The van der Waals surface area contributed by atoms with Gasteiger partial charge in [-0.1, -0.05) is 19.1 Å². The van der Waals surface area contributed by atoms with Gasteiger partial charge in [-0.05, 0) is 43.0 Å². The Morgan fingerprint density at radius 2 is 2.12 bits per heavy atom. The fourth-order valence-corrected chi connectivity index (χ4v) is 3.41. The highest BCUT2D eigenvalue weighted by Crippen LogP contribution is 2.23. The molecule has 138 valence electrons. The summed E-state index contributed by atoms with van der Waals surface area (Å²) in [5.74, 6) is -1.16. The van der Waals surface area contributed by atoms with E-state index in [0.29, 0.717) is 13.0 Å². The van der Waals surface area contributed by atoms with Crippen LogP contribution in [0.5, 0.6) is 0 Å². The average Bonchev–Trinajstić information content (AvgIpc) is 3.16. The topological polar surface area (TPSA) is 87.5 Å². The molecule has 0 bridgehead atoms. The molecule has 2 heterocycles. The minimum absolute atomic E-state index is 0.175. The molecule has 7 heteroatoms. The quantitative estimate of drug-likeness (QED) is 0.882. The number of aliphatic carboxylic acids is 1. The molecule has 3 atom stereocenters. The Kier molecular flexibility index (Phi) is 5.25. The largest absolute Gasteiger partial charge is 0.481 e. The van der Waals surface area contributed by atoms with Crippen molar-refractivity contribution in [3.8, 4) is 5.69 Å². The van der Waals surface area contributed by atoms with Crippen LogP contribution in [0, 0.1) is 11.8 Å². The Labute approximate surface area is 152 Å². The molecule has 1 fully saturated rings. The first-order chi connectivity index (χ1) is 12.4. The van der Waals surface area contributed by atoms with Crippen LogP contribution in [0.25, 0.3) is 5.69 Å². The van der Waals surface area contributed by atoms with E-state index < -0.39 is 11.9 Å². The standard InChI is InChI=1S/C19H24N4O3/c1-13-9-16(18(24)25)12-22(11-13)19(26)21-14(2)15-5-3-6-17(10-15)23-8-4-7-20-23/h3-8,10,13-14,16H,9,11-12H2,1-2H3,(H,21,26)(H,24,25). The van der Waals surface area contributed by atoms with Crippen molar-refractivity contribution in [3.63, 3.8) is 0 Å². The third-order valence-corrected chi connectivity index (χ3v) is 4.78. The van der Waals surface area contributed by atoms with Gasteiger partial charge in [0.2, 0.25) is 0 Å². The summed E-state index contributed by atoms with van der Waals surface area (Å²) in [4.78, 5) is 25.5. The predicted octanol–water partition coefficient (Wildman–Crippen LogP) is 2.69. The smallest absolute Gasteiger partial charge is 0.317 e. The molecule has 1 aromatic carbocycles. The van der Waals surface area contributed by atoms with Crippen LogP contribution >= 0.6 is 0 Å². The third-order valence-electron chi connectivity index (χ3n) is 4.78. The molecule has 0 spiro atoms. The second-order valence-electron chi connectivity index (χ2n) is 7.00. The van der Waals surface area contributed by atoms with Crippen LogP contribution in [-0.2, 0) is 4.79 Å². The molecule has 0 aliphatic carbocycles. The minimum Gasteiger partial charge on any atom is -0.481 e. The Morgan fingerprint density at radius 3 is 2.81 bits per heavy atom. The molecule has 1 aliphatic heterocycles. The summed E-state index contributed by atoms with van der Waals surface area (Å²) in [6, 6.07) is 9.26. The first-order valence-electron chi connectivity index (χ1n) is 8.82. The van der Waals surface area contributed by atoms with E-state index >= 15 is 0 Å². The van der Waals surface area contributed by atoms with Crippen LogP contribution in [0.2, 0.25) is 0 Å². The number of piperidine rings is 1. The summed E-state index contributed by atoms with van der Waals surface area (Å²) >= 11 is 0. The lowest BCUT2D eigenvalue weighted by Crippen LogP contribution is -2.49. The summed E-state index contributed by atoms with van der Waals surface area (Å²) < 4.78 is 1.77. The van der Waals surface area contributed by atoms with Gasteiger partial charge in [-0.15, -0.1) is 0 Å². The van der Waals surface area contributed by atoms with Crippen molar-refractivity contribution in [3.05, 3.63) is 48.3 Å². The number of nitrogens with zero attached hydrogens (tertiary/aromatic N) is 3. The number of hydrogen-bond donors (Lipinski definition) is 2. The number of carbonyl (C=O) groups excluding carboxylic acids is 1. The number of carbonyl (C=O) groups is 2. The fourth-order valence-electron chi connectivity index (χ4n) is 3.41. The van der Waals surface area contributed by atoms with Crippen LogP contribution in [0.3, 0.4) is 0 Å². The van der Waals surface area contributed by atoms with Crippen LogP contribution in [0.1, 0.15) is 31.9 Å². The Morgan fingerprint density at radius 1 is 1.31 bits per heavy atom. The number of hydrogen-bond acceptors (Lipinski definition) is 3. The van der Waals surface area contributed by atoms with E-state index in [-0.39, 0.29) is 24.5 Å². The van der Waals surface area contributed by atoms with Gasteiger partial charge in [0.1, 0.15) is 0 Å². The van der Waals surface area contributed by atoms with Gasteiger partial charge >= 0.3 is 12.0 Å². The maximum Gasteiger partial charge on any atom is 0.317 e. The van der Waals surface area contributed by atoms with Crippen molar-refractivity contribution in [2.75, 3.05) is 13.1 Å². The van der Waals surface area contributed by atoms with Gasteiger partial charge in [-0.2, -0.15) is 5.10 Å². The van der Waals surface area contributed by atoms with Crippen molar-refractivity contribution >= 4 is 12.0 Å². The monoisotopic (exact) mass is 356 g/mol. The van der Waals surface area contributed by atoms with Crippen molar-refractivity contribution in [2.45, 2.75) is 26.3 Å². The molecule has 2 amide bonds. The van der Waals surface area contributed by atoms with Crippen LogP contribution < -0.4 is 5.32 Å². The summed E-state index contributed by atoms with van der Waals surface area (Å²) in [6.07, 6.45) is 4.19. The van der Waals surface area contributed by atoms with Gasteiger partial charge in [0.15, 0.2) is 0 Å². The molecule has 3 unspecified atom stereocenters. The summed E-state index contributed by atoms with van der Waals surface area (Å²) in [6.45, 7) is 4.73. The second-order valence-corrected chi connectivity index (χ2v) is 7.00. The Hall–Kier alpha value is -2.83. The van der Waals surface area contributed by atoms with Gasteiger partial charge < -0.3 is 15.3 Å². The third kappa shape index (κ3) is 4.04. The highest BCUT2D eigenvalue weighted by atomic mass is 16.4. The minimum atomic E-state index is -0.839. The van der Waals surface area contributed by atoms with Gasteiger partial charge in [-0.3, -0.25) is 4.79 Å². The Balaban J connectivity index is 1.67. The normalized spacial score (nSPS) is 21.2. The van der Waals surface area contributed by atoms with E-state index in [9.17, 15) is 14.7 Å². The number of carboxylic acids is 1. The molecule has 2 N–H and O–H groups in total. The van der Waals surface area contributed by atoms with E-state index in [1.54, 1.807) is 15.8 Å². The van der Waals surface area contributed by atoms with E-state index in [2.05, 4.69) is 10.4 Å². The molecule has 2 aromatic rings. The number of rotatable bonds is 4.